The lowest BCUT2D eigenvalue weighted by atomic mass is 10.2. The first kappa shape index (κ1) is 19.6. The number of benzene rings is 1. The summed E-state index contributed by atoms with van der Waals surface area (Å²) in [5.41, 5.74) is 2.36. The topological polar surface area (TPSA) is 52.7 Å². The number of amides is 2. The van der Waals surface area contributed by atoms with Crippen molar-refractivity contribution in [3.63, 3.8) is 0 Å². The highest BCUT2D eigenvalue weighted by atomic mass is 32.1. The van der Waals surface area contributed by atoms with Crippen LogP contribution < -0.4 is 5.32 Å². The molecule has 1 fully saturated rings. The zero-order valence-corrected chi connectivity index (χ0v) is 16.8. The second-order valence-corrected chi connectivity index (χ2v) is 8.13. The van der Waals surface area contributed by atoms with Crippen molar-refractivity contribution >= 4 is 23.2 Å². The fourth-order valence-electron chi connectivity index (χ4n) is 3.30. The van der Waals surface area contributed by atoms with Crippen molar-refractivity contribution in [3.05, 3.63) is 57.3 Å². The van der Waals surface area contributed by atoms with E-state index in [1.807, 2.05) is 41.3 Å². The molecule has 1 aliphatic heterocycles. The molecule has 0 atom stereocenters. The summed E-state index contributed by atoms with van der Waals surface area (Å²) in [7, 11) is 0. The van der Waals surface area contributed by atoms with Crippen LogP contribution in [0.5, 0.6) is 0 Å². The smallest absolute Gasteiger partial charge is 0.264 e. The summed E-state index contributed by atoms with van der Waals surface area (Å²) in [6.45, 7) is 7.93. The minimum absolute atomic E-state index is 0.0279. The first-order valence-electron chi connectivity index (χ1n) is 9.48. The largest absolute Gasteiger partial charge is 0.351 e. The zero-order valence-electron chi connectivity index (χ0n) is 16.0. The number of nitrogens with one attached hydrogen (secondary N) is 1. The van der Waals surface area contributed by atoms with E-state index in [4.69, 9.17) is 0 Å². The van der Waals surface area contributed by atoms with Gasteiger partial charge in [0.25, 0.3) is 5.91 Å². The van der Waals surface area contributed by atoms with E-state index in [1.54, 1.807) is 11.3 Å². The second kappa shape index (κ2) is 9.15. The molecule has 2 amide bonds. The Bertz CT molecular complexity index is 780. The van der Waals surface area contributed by atoms with Crippen LogP contribution in [0.1, 0.15) is 32.6 Å². The van der Waals surface area contributed by atoms with Crippen molar-refractivity contribution in [2.24, 2.45) is 0 Å². The van der Waals surface area contributed by atoms with Gasteiger partial charge in [-0.2, -0.15) is 0 Å². The van der Waals surface area contributed by atoms with Gasteiger partial charge in [0.2, 0.25) is 5.91 Å². The highest BCUT2D eigenvalue weighted by Gasteiger charge is 2.24. The molecular weight excluding hydrogens is 358 g/mol. The van der Waals surface area contributed by atoms with Gasteiger partial charge in [-0.05, 0) is 30.5 Å². The van der Waals surface area contributed by atoms with Crippen LogP contribution in [0.4, 0.5) is 0 Å². The summed E-state index contributed by atoms with van der Waals surface area (Å²) < 4.78 is 0. The molecule has 1 aromatic heterocycles. The van der Waals surface area contributed by atoms with Crippen LogP contribution in [0.25, 0.3) is 0 Å². The summed E-state index contributed by atoms with van der Waals surface area (Å²) in [5, 5.41) is 2.96. The molecule has 1 aromatic carbocycles. The van der Waals surface area contributed by atoms with E-state index < -0.39 is 0 Å². The maximum absolute atomic E-state index is 12.7. The van der Waals surface area contributed by atoms with Crippen molar-refractivity contribution < 1.29 is 9.59 Å². The summed E-state index contributed by atoms with van der Waals surface area (Å²) in [6, 6.07) is 11.9. The number of nitrogens with zero attached hydrogens (tertiary/aromatic N) is 2. The molecule has 1 saturated heterocycles. The molecule has 6 heteroatoms. The van der Waals surface area contributed by atoms with Crippen molar-refractivity contribution in [3.8, 4) is 0 Å². The SMILES string of the molecule is CCc1cc(C(=O)N2CCN(CC(=O)NCc3ccccc3)CC2)sc1C. The van der Waals surface area contributed by atoms with Crippen LogP contribution in [-0.2, 0) is 17.8 Å². The van der Waals surface area contributed by atoms with E-state index in [1.165, 1.54) is 10.4 Å². The van der Waals surface area contributed by atoms with Crippen LogP contribution in [0, 0.1) is 6.92 Å². The fourth-order valence-corrected chi connectivity index (χ4v) is 4.38. The molecule has 5 nitrogen and oxygen atoms in total. The van der Waals surface area contributed by atoms with E-state index in [-0.39, 0.29) is 11.8 Å². The normalized spacial score (nSPS) is 15.0. The van der Waals surface area contributed by atoms with Crippen molar-refractivity contribution in [1.82, 2.24) is 15.1 Å². The van der Waals surface area contributed by atoms with Gasteiger partial charge < -0.3 is 10.2 Å². The third-order valence-corrected chi connectivity index (χ3v) is 6.05. The average molecular weight is 386 g/mol. The molecule has 0 radical (unpaired) electrons. The highest BCUT2D eigenvalue weighted by Crippen LogP contribution is 2.23. The van der Waals surface area contributed by atoms with Gasteiger partial charge in [-0.3, -0.25) is 14.5 Å². The number of hydrogen-bond acceptors (Lipinski definition) is 4. The average Bonchev–Trinajstić information content (AvgIpc) is 3.08. The van der Waals surface area contributed by atoms with E-state index in [0.29, 0.717) is 26.2 Å². The first-order valence-corrected chi connectivity index (χ1v) is 10.3. The van der Waals surface area contributed by atoms with Crippen LogP contribution >= 0.6 is 11.3 Å². The number of carbonyl (C=O) groups excluding carboxylic acids is 2. The van der Waals surface area contributed by atoms with Gasteiger partial charge in [0.15, 0.2) is 0 Å². The van der Waals surface area contributed by atoms with Crippen LogP contribution in [0.15, 0.2) is 36.4 Å². The predicted molar refractivity (Wildman–Crippen MR) is 109 cm³/mol. The van der Waals surface area contributed by atoms with Gasteiger partial charge in [0.1, 0.15) is 0 Å². The minimum atomic E-state index is 0.0279. The van der Waals surface area contributed by atoms with Crippen molar-refractivity contribution in [2.75, 3.05) is 32.7 Å². The Morgan fingerprint density at radius 2 is 1.81 bits per heavy atom. The molecule has 1 N–H and O–H groups in total. The summed E-state index contributed by atoms with van der Waals surface area (Å²) in [6.07, 6.45) is 0.960. The summed E-state index contributed by atoms with van der Waals surface area (Å²) in [5.74, 6) is 0.149. The number of aryl methyl sites for hydroxylation is 2. The maximum atomic E-state index is 12.7. The van der Waals surface area contributed by atoms with E-state index in [2.05, 4.69) is 24.1 Å². The second-order valence-electron chi connectivity index (χ2n) is 6.88. The minimum Gasteiger partial charge on any atom is -0.351 e. The van der Waals surface area contributed by atoms with Crippen molar-refractivity contribution in [2.45, 2.75) is 26.8 Å². The monoisotopic (exact) mass is 385 g/mol. The van der Waals surface area contributed by atoms with Gasteiger partial charge in [-0.25, -0.2) is 0 Å². The Labute approximate surface area is 165 Å². The lowest BCUT2D eigenvalue weighted by molar-refractivity contribution is -0.122. The quantitative estimate of drug-likeness (QED) is 0.832. The van der Waals surface area contributed by atoms with E-state index in [0.717, 1.165) is 30.0 Å². The van der Waals surface area contributed by atoms with Gasteiger partial charge in [0, 0.05) is 37.6 Å². The fraction of sp³-hybridized carbons (Fsp3) is 0.429. The molecule has 3 rings (SSSR count). The lowest BCUT2D eigenvalue weighted by Gasteiger charge is -2.34. The predicted octanol–water partition coefficient (Wildman–Crippen LogP) is 2.69. The molecule has 0 aliphatic carbocycles. The molecule has 0 saturated carbocycles. The first-order chi connectivity index (χ1) is 13.1. The lowest BCUT2D eigenvalue weighted by Crippen LogP contribution is -2.51. The Morgan fingerprint density at radius 3 is 2.44 bits per heavy atom. The summed E-state index contributed by atoms with van der Waals surface area (Å²) in [4.78, 5) is 31.0. The molecule has 1 aliphatic rings. The van der Waals surface area contributed by atoms with Crippen LogP contribution in [-0.4, -0.2) is 54.3 Å². The molecule has 0 unspecified atom stereocenters. The Kier molecular flexibility index (Phi) is 6.63. The van der Waals surface area contributed by atoms with Crippen molar-refractivity contribution in [1.29, 1.82) is 0 Å². The van der Waals surface area contributed by atoms with E-state index >= 15 is 0 Å². The number of carbonyl (C=O) groups is 2. The van der Waals surface area contributed by atoms with Gasteiger partial charge >= 0.3 is 0 Å². The Hall–Kier alpha value is -2.18. The zero-order chi connectivity index (χ0) is 19.2. The van der Waals surface area contributed by atoms with Gasteiger partial charge in [-0.1, -0.05) is 37.3 Å². The molecule has 27 heavy (non-hydrogen) atoms. The standard InChI is InChI=1S/C21H27N3O2S/c1-3-18-13-19(27-16(18)2)21(26)24-11-9-23(10-12-24)15-20(25)22-14-17-7-5-4-6-8-17/h4-8,13H,3,9-12,14-15H2,1-2H3,(H,22,25). The van der Waals surface area contributed by atoms with Crippen LogP contribution in [0.2, 0.25) is 0 Å². The van der Waals surface area contributed by atoms with Crippen LogP contribution in [0.3, 0.4) is 0 Å². The Morgan fingerprint density at radius 1 is 1.11 bits per heavy atom. The third-order valence-electron chi connectivity index (χ3n) is 4.97. The maximum Gasteiger partial charge on any atom is 0.264 e. The molecule has 0 bridgehead atoms. The molecule has 0 spiro atoms. The third kappa shape index (κ3) is 5.17. The number of hydrogen-bond donors (Lipinski definition) is 1. The molecular formula is C21H27N3O2S. The number of thiophene rings is 1. The highest BCUT2D eigenvalue weighted by molar-refractivity contribution is 7.14. The van der Waals surface area contributed by atoms with E-state index in [9.17, 15) is 9.59 Å². The number of rotatable bonds is 6. The summed E-state index contributed by atoms with van der Waals surface area (Å²) >= 11 is 1.59. The number of piperazine rings is 1. The van der Waals surface area contributed by atoms with Gasteiger partial charge in [0.05, 0.1) is 11.4 Å². The molecule has 2 aromatic rings. The Balaban J connectivity index is 1.44. The molecule has 144 valence electrons. The molecule has 2 heterocycles. The van der Waals surface area contributed by atoms with Gasteiger partial charge in [-0.15, -0.1) is 11.3 Å².